The van der Waals surface area contributed by atoms with E-state index in [2.05, 4.69) is 5.32 Å². The smallest absolute Gasteiger partial charge is 0.337 e. The van der Waals surface area contributed by atoms with Crippen molar-refractivity contribution in [2.24, 2.45) is 5.41 Å². The topological polar surface area (TPSA) is 55.4 Å². The summed E-state index contributed by atoms with van der Waals surface area (Å²) < 4.78 is 4.74. The summed E-state index contributed by atoms with van der Waals surface area (Å²) in [5.41, 5.74) is 3.18. The standard InChI is InChI=1S/C15H17NO3/c1-19-14(18)11-2-3-12-7-15(5-4-10(12)6-11)8-13(17)16-9-15/h2-3,6H,4-5,7-9H2,1H3,(H,16,17). The number of esters is 1. The number of carbonyl (C=O) groups is 2. The molecule has 4 heteroatoms. The van der Waals surface area contributed by atoms with Crippen LogP contribution in [0, 0.1) is 5.41 Å². The molecule has 1 N–H and O–H groups in total. The summed E-state index contributed by atoms with van der Waals surface area (Å²) in [4.78, 5) is 23.0. The van der Waals surface area contributed by atoms with Gasteiger partial charge in [0.25, 0.3) is 0 Å². The summed E-state index contributed by atoms with van der Waals surface area (Å²) in [5, 5.41) is 2.94. The van der Waals surface area contributed by atoms with Gasteiger partial charge in [-0.25, -0.2) is 4.79 Å². The van der Waals surface area contributed by atoms with Gasteiger partial charge in [-0.1, -0.05) is 6.07 Å². The molecule has 100 valence electrons. The number of hydrogen-bond donors (Lipinski definition) is 1. The fourth-order valence-electron chi connectivity index (χ4n) is 3.22. The maximum Gasteiger partial charge on any atom is 0.337 e. The van der Waals surface area contributed by atoms with E-state index in [0.717, 1.165) is 25.8 Å². The van der Waals surface area contributed by atoms with E-state index in [0.29, 0.717) is 12.0 Å². The number of nitrogens with one attached hydrogen (secondary N) is 1. The molecule has 1 aromatic rings. The van der Waals surface area contributed by atoms with Gasteiger partial charge in [0, 0.05) is 18.4 Å². The number of hydrogen-bond acceptors (Lipinski definition) is 3. The molecule has 0 saturated carbocycles. The van der Waals surface area contributed by atoms with Gasteiger partial charge in [0.2, 0.25) is 5.91 Å². The Morgan fingerprint density at radius 3 is 2.84 bits per heavy atom. The van der Waals surface area contributed by atoms with Crippen LogP contribution >= 0.6 is 0 Å². The monoisotopic (exact) mass is 259 g/mol. The van der Waals surface area contributed by atoms with Crippen molar-refractivity contribution in [3.63, 3.8) is 0 Å². The molecular formula is C15H17NO3. The molecule has 1 aliphatic heterocycles. The highest BCUT2D eigenvalue weighted by molar-refractivity contribution is 5.89. The predicted octanol–water partition coefficient (Wildman–Crippen LogP) is 1.47. The Morgan fingerprint density at radius 2 is 2.16 bits per heavy atom. The van der Waals surface area contributed by atoms with Crippen molar-refractivity contribution in [1.29, 1.82) is 0 Å². The molecule has 1 aliphatic carbocycles. The molecule has 1 fully saturated rings. The Bertz CT molecular complexity index is 552. The van der Waals surface area contributed by atoms with Crippen molar-refractivity contribution in [3.8, 4) is 0 Å². The molecule has 1 atom stereocenters. The average molecular weight is 259 g/mol. The SMILES string of the molecule is COC(=O)c1ccc2c(c1)CCC1(CNC(=O)C1)C2. The van der Waals surface area contributed by atoms with Gasteiger partial charge in [0.1, 0.15) is 0 Å². The number of rotatable bonds is 1. The van der Waals surface area contributed by atoms with Gasteiger partial charge < -0.3 is 10.1 Å². The van der Waals surface area contributed by atoms with Gasteiger partial charge >= 0.3 is 5.97 Å². The van der Waals surface area contributed by atoms with E-state index in [1.54, 1.807) is 0 Å². The van der Waals surface area contributed by atoms with Gasteiger partial charge in [0.05, 0.1) is 12.7 Å². The first-order valence-electron chi connectivity index (χ1n) is 6.59. The van der Waals surface area contributed by atoms with Crippen LogP contribution < -0.4 is 5.32 Å². The average Bonchev–Trinajstić information content (AvgIpc) is 2.78. The summed E-state index contributed by atoms with van der Waals surface area (Å²) in [6, 6.07) is 5.75. The molecule has 1 saturated heterocycles. The Kier molecular flexibility index (Phi) is 2.81. The molecule has 4 nitrogen and oxygen atoms in total. The van der Waals surface area contributed by atoms with Crippen LogP contribution in [0.1, 0.15) is 34.3 Å². The molecule has 1 heterocycles. The van der Waals surface area contributed by atoms with Gasteiger partial charge in [-0.15, -0.1) is 0 Å². The number of fused-ring (bicyclic) bond motifs is 1. The highest BCUT2D eigenvalue weighted by Gasteiger charge is 2.40. The van der Waals surface area contributed by atoms with E-state index in [9.17, 15) is 9.59 Å². The fourth-order valence-corrected chi connectivity index (χ4v) is 3.22. The van der Waals surface area contributed by atoms with Crippen LogP contribution in [0.25, 0.3) is 0 Å². The van der Waals surface area contributed by atoms with Crippen molar-refractivity contribution in [3.05, 3.63) is 34.9 Å². The lowest BCUT2D eigenvalue weighted by atomic mass is 9.71. The number of amides is 1. The molecule has 1 aromatic carbocycles. The van der Waals surface area contributed by atoms with Crippen LogP contribution in [-0.2, 0) is 22.4 Å². The van der Waals surface area contributed by atoms with Crippen LogP contribution in [-0.4, -0.2) is 25.5 Å². The zero-order valence-corrected chi connectivity index (χ0v) is 11.0. The van der Waals surface area contributed by atoms with E-state index in [1.807, 2.05) is 18.2 Å². The predicted molar refractivity (Wildman–Crippen MR) is 69.9 cm³/mol. The van der Waals surface area contributed by atoms with Crippen LogP contribution in [0.3, 0.4) is 0 Å². The van der Waals surface area contributed by atoms with Crippen molar-refractivity contribution < 1.29 is 14.3 Å². The van der Waals surface area contributed by atoms with E-state index in [4.69, 9.17) is 4.74 Å². The third-order valence-electron chi connectivity index (χ3n) is 4.31. The van der Waals surface area contributed by atoms with Crippen molar-refractivity contribution in [2.75, 3.05) is 13.7 Å². The second-order valence-corrected chi connectivity index (χ2v) is 5.61. The third-order valence-corrected chi connectivity index (χ3v) is 4.31. The number of ether oxygens (including phenoxy) is 1. The van der Waals surface area contributed by atoms with Gasteiger partial charge in [-0.3, -0.25) is 4.79 Å². The maximum atomic E-state index is 11.5. The highest BCUT2D eigenvalue weighted by atomic mass is 16.5. The van der Waals surface area contributed by atoms with Crippen molar-refractivity contribution >= 4 is 11.9 Å². The van der Waals surface area contributed by atoms with Crippen LogP contribution in [0.15, 0.2) is 18.2 Å². The van der Waals surface area contributed by atoms with E-state index in [1.165, 1.54) is 18.2 Å². The maximum absolute atomic E-state index is 11.5. The minimum absolute atomic E-state index is 0.0941. The molecule has 1 amide bonds. The second kappa shape index (κ2) is 4.37. The zero-order valence-electron chi connectivity index (χ0n) is 11.0. The molecule has 2 aliphatic rings. The molecule has 0 bridgehead atoms. The van der Waals surface area contributed by atoms with Gasteiger partial charge in [-0.05, 0) is 42.5 Å². The number of benzene rings is 1. The molecule has 0 aromatic heterocycles. The quantitative estimate of drug-likeness (QED) is 0.777. The summed E-state index contributed by atoms with van der Waals surface area (Å²) in [7, 11) is 1.40. The van der Waals surface area contributed by atoms with Crippen molar-refractivity contribution in [2.45, 2.75) is 25.7 Å². The first-order chi connectivity index (χ1) is 9.12. The number of aryl methyl sites for hydroxylation is 1. The van der Waals surface area contributed by atoms with Gasteiger partial charge in [0.15, 0.2) is 0 Å². The Labute approximate surface area is 112 Å². The molecule has 0 radical (unpaired) electrons. The van der Waals surface area contributed by atoms with Gasteiger partial charge in [-0.2, -0.15) is 0 Å². The van der Waals surface area contributed by atoms with Crippen LogP contribution in [0.5, 0.6) is 0 Å². The third kappa shape index (κ3) is 2.11. The van der Waals surface area contributed by atoms with Crippen molar-refractivity contribution in [1.82, 2.24) is 5.32 Å². The molecule has 3 rings (SSSR count). The highest BCUT2D eigenvalue weighted by Crippen LogP contribution is 2.40. The lowest BCUT2D eigenvalue weighted by molar-refractivity contribution is -0.119. The first kappa shape index (κ1) is 12.2. The summed E-state index contributed by atoms with van der Waals surface area (Å²) >= 11 is 0. The number of methoxy groups -OCH3 is 1. The Morgan fingerprint density at radius 1 is 1.32 bits per heavy atom. The lowest BCUT2D eigenvalue weighted by Crippen LogP contribution is -2.31. The van der Waals surface area contributed by atoms with E-state index in [-0.39, 0.29) is 17.3 Å². The van der Waals surface area contributed by atoms with Crippen LogP contribution in [0.2, 0.25) is 0 Å². The molecule has 19 heavy (non-hydrogen) atoms. The Balaban J connectivity index is 1.87. The largest absolute Gasteiger partial charge is 0.465 e. The lowest BCUT2D eigenvalue weighted by Gasteiger charge is -2.33. The minimum atomic E-state index is -0.291. The minimum Gasteiger partial charge on any atom is -0.465 e. The molecule has 1 unspecified atom stereocenters. The molecular weight excluding hydrogens is 242 g/mol. The summed E-state index contributed by atoms with van der Waals surface area (Å²) in [6.45, 7) is 0.782. The fraction of sp³-hybridized carbons (Fsp3) is 0.467. The summed E-state index contributed by atoms with van der Waals surface area (Å²) in [6.07, 6.45) is 3.48. The van der Waals surface area contributed by atoms with E-state index >= 15 is 0 Å². The second-order valence-electron chi connectivity index (χ2n) is 5.61. The van der Waals surface area contributed by atoms with Crippen LogP contribution in [0.4, 0.5) is 0 Å². The Hall–Kier alpha value is -1.84. The normalized spacial score (nSPS) is 25.0. The number of carbonyl (C=O) groups excluding carboxylic acids is 2. The zero-order chi connectivity index (χ0) is 13.5. The molecule has 1 spiro atoms. The van der Waals surface area contributed by atoms with E-state index < -0.39 is 0 Å². The first-order valence-corrected chi connectivity index (χ1v) is 6.59. The summed E-state index contributed by atoms with van der Waals surface area (Å²) in [5.74, 6) is -0.129.